The third-order valence-corrected chi connectivity index (χ3v) is 4.23. The molecule has 0 aliphatic heterocycles. The van der Waals surface area contributed by atoms with E-state index in [1.165, 1.54) is 18.2 Å². The Morgan fingerprint density at radius 3 is 2.76 bits per heavy atom. The van der Waals surface area contributed by atoms with Gasteiger partial charge in [0.05, 0.1) is 5.01 Å². The molecule has 1 N–H and O–H groups in total. The number of nitrogens with one attached hydrogen (secondary N) is 1. The smallest absolute Gasteiger partial charge is 0.226 e. The maximum absolute atomic E-state index is 13.2. The SMILES string of the molecule is Cc1nc2c(s1)C(=O)C(Nc1cccc(F)c1)=C(Cl)C2=O. The van der Waals surface area contributed by atoms with E-state index in [9.17, 15) is 14.0 Å². The number of carbonyl (C=O) groups excluding carboxylic acids is 2. The van der Waals surface area contributed by atoms with Gasteiger partial charge < -0.3 is 5.32 Å². The Bertz CT molecular complexity index is 813. The Labute approximate surface area is 128 Å². The van der Waals surface area contributed by atoms with Crippen LogP contribution < -0.4 is 5.32 Å². The van der Waals surface area contributed by atoms with Crippen LogP contribution in [0.2, 0.25) is 0 Å². The van der Waals surface area contributed by atoms with Crippen LogP contribution in [0.15, 0.2) is 35.0 Å². The Morgan fingerprint density at radius 1 is 1.29 bits per heavy atom. The monoisotopic (exact) mass is 322 g/mol. The summed E-state index contributed by atoms with van der Waals surface area (Å²) in [6.45, 7) is 1.71. The molecule has 0 saturated heterocycles. The maximum Gasteiger partial charge on any atom is 0.226 e. The number of benzene rings is 1. The number of ketones is 2. The highest BCUT2D eigenvalue weighted by molar-refractivity contribution is 7.14. The molecule has 21 heavy (non-hydrogen) atoms. The van der Waals surface area contributed by atoms with E-state index in [0.29, 0.717) is 10.7 Å². The van der Waals surface area contributed by atoms with Gasteiger partial charge in [0.25, 0.3) is 0 Å². The summed E-state index contributed by atoms with van der Waals surface area (Å²) in [6.07, 6.45) is 0. The van der Waals surface area contributed by atoms with Crippen molar-refractivity contribution in [2.75, 3.05) is 5.32 Å². The lowest BCUT2D eigenvalue weighted by Gasteiger charge is -2.15. The Hall–Kier alpha value is -2.05. The van der Waals surface area contributed by atoms with E-state index in [1.54, 1.807) is 13.0 Å². The van der Waals surface area contributed by atoms with E-state index < -0.39 is 17.4 Å². The van der Waals surface area contributed by atoms with Gasteiger partial charge in [-0.3, -0.25) is 9.59 Å². The Morgan fingerprint density at radius 2 is 2.05 bits per heavy atom. The van der Waals surface area contributed by atoms with Crippen LogP contribution in [0.3, 0.4) is 0 Å². The molecule has 0 amide bonds. The first kappa shape index (κ1) is 13.9. The molecule has 0 fully saturated rings. The molecule has 1 aliphatic rings. The van der Waals surface area contributed by atoms with Crippen molar-refractivity contribution in [3.63, 3.8) is 0 Å². The fourth-order valence-electron chi connectivity index (χ4n) is 1.99. The van der Waals surface area contributed by atoms with Crippen LogP contribution in [-0.2, 0) is 0 Å². The van der Waals surface area contributed by atoms with Crippen molar-refractivity contribution in [1.82, 2.24) is 4.98 Å². The fourth-order valence-corrected chi connectivity index (χ4v) is 3.07. The third-order valence-electron chi connectivity index (χ3n) is 2.90. The van der Waals surface area contributed by atoms with Crippen molar-refractivity contribution in [3.05, 3.63) is 56.4 Å². The molecule has 7 heteroatoms. The van der Waals surface area contributed by atoms with Gasteiger partial charge in [-0.1, -0.05) is 17.7 Å². The number of halogens is 2. The van der Waals surface area contributed by atoms with Crippen molar-refractivity contribution in [2.45, 2.75) is 6.92 Å². The number of carbonyl (C=O) groups is 2. The Kier molecular flexibility index (Phi) is 3.35. The average molecular weight is 323 g/mol. The van der Waals surface area contributed by atoms with Gasteiger partial charge in [0.2, 0.25) is 11.6 Å². The summed E-state index contributed by atoms with van der Waals surface area (Å²) in [5.74, 6) is -1.38. The molecule has 0 unspecified atom stereocenters. The molecule has 0 saturated carbocycles. The van der Waals surface area contributed by atoms with E-state index >= 15 is 0 Å². The zero-order chi connectivity index (χ0) is 15.1. The van der Waals surface area contributed by atoms with Crippen LogP contribution in [0, 0.1) is 12.7 Å². The second kappa shape index (κ2) is 5.05. The number of hydrogen-bond donors (Lipinski definition) is 1. The van der Waals surface area contributed by atoms with Crippen molar-refractivity contribution in [1.29, 1.82) is 0 Å². The second-order valence-corrected chi connectivity index (χ2v) is 5.97. The fraction of sp³-hybridized carbons (Fsp3) is 0.0714. The third kappa shape index (κ3) is 2.36. The predicted octanol–water partition coefficient (Wildman–Crippen LogP) is 3.53. The van der Waals surface area contributed by atoms with E-state index in [-0.39, 0.29) is 21.3 Å². The number of allylic oxidation sites excluding steroid dienone is 2. The predicted molar refractivity (Wildman–Crippen MR) is 78.4 cm³/mol. The molecule has 0 radical (unpaired) electrons. The average Bonchev–Trinajstić information content (AvgIpc) is 2.84. The Balaban J connectivity index is 2.04. The van der Waals surface area contributed by atoms with E-state index in [0.717, 1.165) is 11.3 Å². The van der Waals surface area contributed by atoms with Crippen molar-refractivity contribution >= 4 is 40.2 Å². The molecule has 1 aromatic carbocycles. The van der Waals surface area contributed by atoms with Gasteiger partial charge in [-0.05, 0) is 25.1 Å². The number of anilines is 1. The molecule has 4 nitrogen and oxygen atoms in total. The molecule has 1 heterocycles. The van der Waals surface area contributed by atoms with Gasteiger partial charge >= 0.3 is 0 Å². The number of hydrogen-bond acceptors (Lipinski definition) is 5. The summed E-state index contributed by atoms with van der Waals surface area (Å²) >= 11 is 7.11. The summed E-state index contributed by atoms with van der Waals surface area (Å²) in [5, 5.41) is 3.09. The summed E-state index contributed by atoms with van der Waals surface area (Å²) in [5.41, 5.74) is 0.370. The minimum absolute atomic E-state index is 0.0524. The summed E-state index contributed by atoms with van der Waals surface area (Å²) < 4.78 is 13.2. The first-order valence-electron chi connectivity index (χ1n) is 5.96. The number of thiazole rings is 1. The normalized spacial score (nSPS) is 14.4. The molecule has 0 spiro atoms. The molecule has 106 valence electrons. The van der Waals surface area contributed by atoms with E-state index in [4.69, 9.17) is 11.6 Å². The number of nitrogens with zero attached hydrogens (tertiary/aromatic N) is 1. The summed E-state index contributed by atoms with van der Waals surface area (Å²) in [6, 6.07) is 5.55. The number of Topliss-reactive ketones (excluding diaryl/α,β-unsaturated/α-hetero) is 2. The minimum Gasteiger partial charge on any atom is -0.351 e. The number of aromatic nitrogens is 1. The molecular weight excluding hydrogens is 315 g/mol. The van der Waals surface area contributed by atoms with Gasteiger partial charge in [-0.2, -0.15) is 0 Å². The molecule has 2 aromatic rings. The molecule has 1 aliphatic carbocycles. The van der Waals surface area contributed by atoms with Gasteiger partial charge in [0.15, 0.2) is 0 Å². The van der Waals surface area contributed by atoms with Crippen molar-refractivity contribution < 1.29 is 14.0 Å². The van der Waals surface area contributed by atoms with Crippen LogP contribution >= 0.6 is 22.9 Å². The maximum atomic E-state index is 13.2. The van der Waals surface area contributed by atoms with Crippen LogP contribution in [-0.4, -0.2) is 16.6 Å². The summed E-state index contributed by atoms with van der Waals surface area (Å²) in [7, 11) is 0. The van der Waals surface area contributed by atoms with Gasteiger partial charge in [-0.15, -0.1) is 11.3 Å². The van der Waals surface area contributed by atoms with E-state index in [1.807, 2.05) is 0 Å². The topological polar surface area (TPSA) is 59.1 Å². The number of fused-ring (bicyclic) bond motifs is 1. The zero-order valence-corrected chi connectivity index (χ0v) is 12.3. The number of aryl methyl sites for hydroxylation is 1. The molecular formula is C14H8ClFN2O2S. The highest BCUT2D eigenvalue weighted by Gasteiger charge is 2.34. The van der Waals surface area contributed by atoms with Crippen molar-refractivity contribution in [3.8, 4) is 0 Å². The molecule has 0 bridgehead atoms. The first-order valence-corrected chi connectivity index (χ1v) is 7.16. The number of rotatable bonds is 2. The van der Waals surface area contributed by atoms with Crippen molar-refractivity contribution in [2.24, 2.45) is 0 Å². The van der Waals surface area contributed by atoms with E-state index in [2.05, 4.69) is 10.3 Å². The zero-order valence-electron chi connectivity index (χ0n) is 10.7. The highest BCUT2D eigenvalue weighted by atomic mass is 35.5. The highest BCUT2D eigenvalue weighted by Crippen LogP contribution is 2.32. The lowest BCUT2D eigenvalue weighted by molar-refractivity contribution is 0.0982. The van der Waals surface area contributed by atoms with Gasteiger partial charge in [0.1, 0.15) is 27.1 Å². The quantitative estimate of drug-likeness (QED) is 0.919. The van der Waals surface area contributed by atoms with Gasteiger partial charge in [0, 0.05) is 5.69 Å². The standard InChI is InChI=1S/C14H8ClFN2O2S/c1-6-17-11-12(19)9(15)10(13(20)14(11)21-6)18-8-4-2-3-7(16)5-8/h2-5,18H,1H3. The van der Waals surface area contributed by atoms with Crippen LogP contribution in [0.4, 0.5) is 10.1 Å². The minimum atomic E-state index is -0.505. The van der Waals surface area contributed by atoms with Gasteiger partial charge in [-0.25, -0.2) is 9.37 Å². The summed E-state index contributed by atoms with van der Waals surface area (Å²) in [4.78, 5) is 28.8. The second-order valence-electron chi connectivity index (χ2n) is 4.39. The van der Waals surface area contributed by atoms with Crippen LogP contribution in [0.25, 0.3) is 0 Å². The van der Waals surface area contributed by atoms with Crippen LogP contribution in [0.1, 0.15) is 25.2 Å². The lowest BCUT2D eigenvalue weighted by atomic mass is 10.0. The molecule has 3 rings (SSSR count). The molecule has 0 atom stereocenters. The lowest BCUT2D eigenvalue weighted by Crippen LogP contribution is -2.23. The van der Waals surface area contributed by atoms with Crippen LogP contribution in [0.5, 0.6) is 0 Å². The molecule has 1 aromatic heterocycles. The largest absolute Gasteiger partial charge is 0.351 e. The first-order chi connectivity index (χ1) is 9.97.